The SMILES string of the molecule is C=C(C)/C(=C\N=C(C)Nc1nc2ccc(N(C)c3ccc(C)cc3)nc2s1)CC(=O)OCC. The van der Waals surface area contributed by atoms with Crippen LogP contribution in [0.4, 0.5) is 16.6 Å². The lowest BCUT2D eigenvalue weighted by Crippen LogP contribution is -2.10. The molecule has 1 aromatic carbocycles. The third-order valence-electron chi connectivity index (χ3n) is 4.90. The Morgan fingerprint density at radius 1 is 1.21 bits per heavy atom. The third-order valence-corrected chi connectivity index (χ3v) is 5.78. The Morgan fingerprint density at radius 2 is 1.94 bits per heavy atom. The number of aryl methyl sites for hydroxylation is 1. The number of anilines is 3. The first kappa shape index (κ1) is 24.1. The molecule has 2 aromatic heterocycles. The van der Waals surface area contributed by atoms with Crippen molar-refractivity contribution >= 4 is 50.1 Å². The zero-order valence-corrected chi connectivity index (χ0v) is 20.5. The maximum absolute atomic E-state index is 11.8. The van der Waals surface area contributed by atoms with Crippen molar-refractivity contribution in [2.45, 2.75) is 34.1 Å². The number of amidine groups is 1. The van der Waals surface area contributed by atoms with Crippen molar-refractivity contribution in [2.24, 2.45) is 4.99 Å². The van der Waals surface area contributed by atoms with Crippen molar-refractivity contribution in [3.63, 3.8) is 0 Å². The predicted octanol–water partition coefficient (Wildman–Crippen LogP) is 6.01. The summed E-state index contributed by atoms with van der Waals surface area (Å²) < 4.78 is 5.01. The van der Waals surface area contributed by atoms with E-state index in [2.05, 4.69) is 53.1 Å². The Hall–Kier alpha value is -3.52. The predicted molar refractivity (Wildman–Crippen MR) is 138 cm³/mol. The fourth-order valence-electron chi connectivity index (χ4n) is 2.98. The number of nitrogens with one attached hydrogen (secondary N) is 1. The van der Waals surface area contributed by atoms with E-state index in [1.54, 1.807) is 13.1 Å². The number of esters is 1. The van der Waals surface area contributed by atoms with E-state index in [9.17, 15) is 4.79 Å². The van der Waals surface area contributed by atoms with Gasteiger partial charge in [0, 0.05) is 18.9 Å². The summed E-state index contributed by atoms with van der Waals surface area (Å²) in [6.07, 6.45) is 1.78. The van der Waals surface area contributed by atoms with Crippen LogP contribution in [0.25, 0.3) is 10.3 Å². The second-order valence-electron chi connectivity index (χ2n) is 7.66. The van der Waals surface area contributed by atoms with Crippen LogP contribution in [0.15, 0.2) is 65.3 Å². The zero-order valence-electron chi connectivity index (χ0n) is 19.7. The topological polar surface area (TPSA) is 79.7 Å². The van der Waals surface area contributed by atoms with E-state index in [4.69, 9.17) is 9.72 Å². The number of hydrogen-bond donors (Lipinski definition) is 1. The molecule has 0 radical (unpaired) electrons. The smallest absolute Gasteiger partial charge is 0.310 e. The van der Waals surface area contributed by atoms with Crippen molar-refractivity contribution in [3.05, 3.63) is 65.9 Å². The van der Waals surface area contributed by atoms with Crippen molar-refractivity contribution in [2.75, 3.05) is 23.9 Å². The minimum absolute atomic E-state index is 0.141. The van der Waals surface area contributed by atoms with Crippen molar-refractivity contribution < 1.29 is 9.53 Å². The summed E-state index contributed by atoms with van der Waals surface area (Å²) in [5.41, 5.74) is 4.60. The summed E-state index contributed by atoms with van der Waals surface area (Å²) in [6.45, 7) is 11.8. The van der Waals surface area contributed by atoms with Gasteiger partial charge in [-0.25, -0.2) is 15.0 Å². The number of carbonyl (C=O) groups is 1. The van der Waals surface area contributed by atoms with Gasteiger partial charge in [0.05, 0.1) is 13.0 Å². The largest absolute Gasteiger partial charge is 0.466 e. The molecule has 0 unspecified atom stereocenters. The van der Waals surface area contributed by atoms with Crippen molar-refractivity contribution in [3.8, 4) is 0 Å². The van der Waals surface area contributed by atoms with Crippen LogP contribution in [0, 0.1) is 6.92 Å². The Bertz CT molecular complexity index is 1210. The lowest BCUT2D eigenvalue weighted by Gasteiger charge is -2.18. The molecule has 33 heavy (non-hydrogen) atoms. The number of aliphatic imine (C=N–C) groups is 1. The Labute approximate surface area is 198 Å². The normalized spacial score (nSPS) is 12.0. The summed E-state index contributed by atoms with van der Waals surface area (Å²) in [7, 11) is 2.00. The van der Waals surface area contributed by atoms with Gasteiger partial charge in [-0.05, 0) is 57.5 Å². The van der Waals surface area contributed by atoms with Crippen LogP contribution in [-0.2, 0) is 9.53 Å². The lowest BCUT2D eigenvalue weighted by atomic mass is 10.1. The molecular formula is C25H29N5O2S. The highest BCUT2D eigenvalue weighted by molar-refractivity contribution is 7.22. The van der Waals surface area contributed by atoms with Crippen LogP contribution in [0.3, 0.4) is 0 Å². The molecule has 0 aliphatic heterocycles. The van der Waals surface area contributed by atoms with Gasteiger partial charge in [0.1, 0.15) is 22.0 Å². The Balaban J connectivity index is 1.75. The van der Waals surface area contributed by atoms with Gasteiger partial charge in [-0.3, -0.25) is 4.79 Å². The molecule has 0 saturated heterocycles. The van der Waals surface area contributed by atoms with Gasteiger partial charge in [0.15, 0.2) is 5.13 Å². The van der Waals surface area contributed by atoms with E-state index >= 15 is 0 Å². The van der Waals surface area contributed by atoms with Crippen molar-refractivity contribution in [1.29, 1.82) is 0 Å². The number of nitrogens with zero attached hydrogens (tertiary/aromatic N) is 4. The molecule has 7 nitrogen and oxygen atoms in total. The van der Waals surface area contributed by atoms with E-state index < -0.39 is 0 Å². The summed E-state index contributed by atoms with van der Waals surface area (Å²) in [6, 6.07) is 12.3. The Kier molecular flexibility index (Phi) is 7.95. The monoisotopic (exact) mass is 463 g/mol. The average molecular weight is 464 g/mol. The van der Waals surface area contributed by atoms with Gasteiger partial charge >= 0.3 is 5.97 Å². The third kappa shape index (κ3) is 6.49. The average Bonchev–Trinajstić information content (AvgIpc) is 3.18. The maximum atomic E-state index is 11.8. The molecule has 3 rings (SSSR count). The number of carbonyl (C=O) groups excluding carboxylic acids is 1. The summed E-state index contributed by atoms with van der Waals surface area (Å²) >= 11 is 1.46. The van der Waals surface area contributed by atoms with Gasteiger partial charge in [0.2, 0.25) is 0 Å². The standard InChI is InChI=1S/C25H29N5O2S/c1-7-32-23(31)14-19(16(2)3)15-26-18(5)27-25-28-21-12-13-22(29-24(21)33-25)30(6)20-10-8-17(4)9-11-20/h8-13,15H,2,7,14H2,1,3-6H3,(H,26,27,28)/b19-15-. The van der Waals surface area contributed by atoms with E-state index in [-0.39, 0.29) is 12.4 Å². The quantitative estimate of drug-likeness (QED) is 0.191. The van der Waals surface area contributed by atoms with Crippen LogP contribution in [0.1, 0.15) is 32.8 Å². The molecule has 0 bridgehead atoms. The molecule has 172 valence electrons. The maximum Gasteiger partial charge on any atom is 0.310 e. The van der Waals surface area contributed by atoms with E-state index in [1.165, 1.54) is 16.9 Å². The van der Waals surface area contributed by atoms with Gasteiger partial charge in [-0.1, -0.05) is 41.2 Å². The molecule has 0 atom stereocenters. The summed E-state index contributed by atoms with van der Waals surface area (Å²) in [5, 5.41) is 3.90. The molecule has 0 amide bonds. The Morgan fingerprint density at radius 3 is 2.61 bits per heavy atom. The molecule has 1 N–H and O–H groups in total. The number of pyridine rings is 1. The number of benzene rings is 1. The summed E-state index contributed by atoms with van der Waals surface area (Å²) in [5.74, 6) is 1.20. The number of hydrogen-bond acceptors (Lipinski definition) is 7. The first-order chi connectivity index (χ1) is 15.8. The van der Waals surface area contributed by atoms with Crippen LogP contribution in [0.5, 0.6) is 0 Å². The molecular weight excluding hydrogens is 434 g/mol. The lowest BCUT2D eigenvalue weighted by molar-refractivity contribution is -0.142. The van der Waals surface area contributed by atoms with Gasteiger partial charge in [-0.2, -0.15) is 0 Å². The fraction of sp³-hybridized carbons (Fsp3) is 0.280. The molecule has 0 spiro atoms. The molecule has 0 saturated carbocycles. The highest BCUT2D eigenvalue weighted by atomic mass is 32.1. The van der Waals surface area contributed by atoms with Crippen molar-refractivity contribution in [1.82, 2.24) is 9.97 Å². The first-order valence-corrected chi connectivity index (χ1v) is 11.5. The molecule has 2 heterocycles. The van der Waals surface area contributed by atoms with Crippen LogP contribution in [-0.4, -0.2) is 35.4 Å². The number of rotatable bonds is 8. The van der Waals surface area contributed by atoms with Gasteiger partial charge in [0.25, 0.3) is 0 Å². The van der Waals surface area contributed by atoms with Crippen LogP contribution >= 0.6 is 11.3 Å². The number of aromatic nitrogens is 2. The molecule has 0 aliphatic rings. The van der Waals surface area contributed by atoms with Crippen LogP contribution in [0.2, 0.25) is 0 Å². The molecule has 8 heteroatoms. The highest BCUT2D eigenvalue weighted by Crippen LogP contribution is 2.29. The van der Waals surface area contributed by atoms with E-state index in [1.807, 2.05) is 37.9 Å². The molecule has 0 fully saturated rings. The number of ether oxygens (including phenoxy) is 1. The minimum Gasteiger partial charge on any atom is -0.466 e. The minimum atomic E-state index is -0.295. The van der Waals surface area contributed by atoms with Gasteiger partial charge < -0.3 is 15.0 Å². The van der Waals surface area contributed by atoms with Gasteiger partial charge in [-0.15, -0.1) is 0 Å². The second kappa shape index (κ2) is 10.9. The number of allylic oxidation sites excluding steroid dienone is 1. The van der Waals surface area contributed by atoms with E-state index in [0.29, 0.717) is 17.6 Å². The molecule has 0 aliphatic carbocycles. The second-order valence-corrected chi connectivity index (χ2v) is 8.64. The van der Waals surface area contributed by atoms with Crippen LogP contribution < -0.4 is 10.2 Å². The zero-order chi connectivity index (χ0) is 24.0. The fourth-order valence-corrected chi connectivity index (χ4v) is 3.87. The number of thiazole rings is 1. The first-order valence-electron chi connectivity index (χ1n) is 10.7. The summed E-state index contributed by atoms with van der Waals surface area (Å²) in [4.78, 5) is 28.5. The van der Waals surface area contributed by atoms with E-state index in [0.717, 1.165) is 33.0 Å². The highest BCUT2D eigenvalue weighted by Gasteiger charge is 2.11. The number of fused-ring (bicyclic) bond motifs is 1. The molecule has 3 aromatic rings.